The minimum Gasteiger partial charge on any atom is -0.411 e. The molecule has 0 aromatic heterocycles. The van der Waals surface area contributed by atoms with Crippen LogP contribution in [0.3, 0.4) is 0 Å². The van der Waals surface area contributed by atoms with Gasteiger partial charge in [0.05, 0.1) is 11.3 Å². The van der Waals surface area contributed by atoms with Crippen LogP contribution in [0.5, 0.6) is 0 Å². The van der Waals surface area contributed by atoms with Crippen LogP contribution in [0.4, 0.5) is 0 Å². The quantitative estimate of drug-likeness (QED) is 0.451. The smallest absolute Gasteiger partial charge is 0.167 e. The molecule has 4 fully saturated rings. The second kappa shape index (κ2) is 2.31. The normalized spacial score (nSPS) is 58.3. The second-order valence-electron chi connectivity index (χ2n) is 5.23. The van der Waals surface area contributed by atoms with Gasteiger partial charge >= 0.3 is 0 Å². The lowest BCUT2D eigenvalue weighted by Gasteiger charge is -2.58. The second-order valence-corrected chi connectivity index (χ2v) is 5.23. The maximum absolute atomic E-state index is 10.1. The summed E-state index contributed by atoms with van der Waals surface area (Å²) >= 11 is 0. The summed E-state index contributed by atoms with van der Waals surface area (Å²) in [5.74, 6) is -0.512. The number of rotatable bonds is 0. The molecule has 0 aromatic carbocycles. The van der Waals surface area contributed by atoms with Gasteiger partial charge in [-0.25, -0.2) is 0 Å². The van der Waals surface area contributed by atoms with E-state index in [1.165, 1.54) is 0 Å². The van der Waals surface area contributed by atoms with Gasteiger partial charge in [-0.15, -0.1) is 0 Å². The fraction of sp³-hybridized carbons (Fsp3) is 0.900. The molecule has 0 amide bonds. The van der Waals surface area contributed by atoms with Crippen molar-refractivity contribution >= 4 is 5.71 Å². The lowest BCUT2D eigenvalue weighted by Crippen LogP contribution is -2.63. The van der Waals surface area contributed by atoms with Gasteiger partial charge in [0.25, 0.3) is 0 Å². The zero-order valence-electron chi connectivity index (χ0n) is 8.23. The molecule has 4 aliphatic rings. The highest BCUT2D eigenvalue weighted by atomic mass is 16.6. The van der Waals surface area contributed by atoms with E-state index < -0.39 is 5.79 Å². The monoisotopic (exact) mass is 197 g/mol. The minimum atomic E-state index is -0.950. The largest absolute Gasteiger partial charge is 0.411 e. The first-order valence-corrected chi connectivity index (χ1v) is 5.18. The first-order chi connectivity index (χ1) is 6.54. The van der Waals surface area contributed by atoms with E-state index in [1.54, 1.807) is 0 Å². The van der Waals surface area contributed by atoms with Crippen LogP contribution < -0.4 is 0 Å². The van der Waals surface area contributed by atoms with Gasteiger partial charge in [-0.1, -0.05) is 5.16 Å². The number of hydrogen-bond donors (Lipinski definition) is 2. The molecule has 0 aromatic rings. The first-order valence-electron chi connectivity index (χ1n) is 5.18. The Morgan fingerprint density at radius 1 is 1.29 bits per heavy atom. The van der Waals surface area contributed by atoms with E-state index >= 15 is 0 Å². The molecule has 2 aliphatic heterocycles. The molecule has 4 heteroatoms. The van der Waals surface area contributed by atoms with Crippen LogP contribution in [0.2, 0.25) is 0 Å². The van der Waals surface area contributed by atoms with Gasteiger partial charge in [-0.3, -0.25) is 0 Å². The Hall–Kier alpha value is -0.610. The third kappa shape index (κ3) is 0.982. The van der Waals surface area contributed by atoms with Crippen LogP contribution in [0, 0.1) is 11.8 Å². The summed E-state index contributed by atoms with van der Waals surface area (Å²) < 4.78 is 5.71. The summed E-state index contributed by atoms with van der Waals surface area (Å²) in [6.07, 6.45) is 2.95. The van der Waals surface area contributed by atoms with Crippen molar-refractivity contribution in [1.29, 1.82) is 0 Å². The van der Waals surface area contributed by atoms with E-state index in [2.05, 4.69) is 5.16 Å². The Kier molecular flexibility index (Phi) is 1.43. The zero-order valence-corrected chi connectivity index (χ0v) is 8.23. The minimum absolute atomic E-state index is 0.200. The molecule has 14 heavy (non-hydrogen) atoms. The van der Waals surface area contributed by atoms with Crippen molar-refractivity contribution in [1.82, 2.24) is 0 Å². The summed E-state index contributed by atoms with van der Waals surface area (Å²) in [6.45, 7) is 2.05. The summed E-state index contributed by atoms with van der Waals surface area (Å²) in [5, 5.41) is 22.5. The first kappa shape index (κ1) is 8.68. The number of hydrogen-bond acceptors (Lipinski definition) is 4. The van der Waals surface area contributed by atoms with Crippen molar-refractivity contribution in [2.24, 2.45) is 17.0 Å². The Balaban J connectivity index is 2.02. The third-order valence-electron chi connectivity index (χ3n) is 3.88. The van der Waals surface area contributed by atoms with Crippen LogP contribution in [0.1, 0.15) is 32.6 Å². The van der Waals surface area contributed by atoms with Crippen LogP contribution in [-0.4, -0.2) is 27.4 Å². The SMILES string of the molecule is C[C@@]12C[C@@H]3C[C@@](O)(C[C@H](C1)/C3=N/O)O2. The summed E-state index contributed by atoms with van der Waals surface area (Å²) in [4.78, 5) is 0. The molecule has 4 rings (SSSR count). The predicted molar refractivity (Wildman–Crippen MR) is 49.1 cm³/mol. The molecule has 0 unspecified atom stereocenters. The molecule has 4 nitrogen and oxygen atoms in total. The summed E-state index contributed by atoms with van der Waals surface area (Å²) in [7, 11) is 0. The Labute approximate surface area is 82.6 Å². The van der Waals surface area contributed by atoms with Crippen molar-refractivity contribution < 1.29 is 15.1 Å². The highest BCUT2D eigenvalue weighted by molar-refractivity contribution is 5.90. The summed E-state index contributed by atoms with van der Waals surface area (Å²) in [6, 6.07) is 0. The van der Waals surface area contributed by atoms with Crippen LogP contribution in [-0.2, 0) is 4.74 Å². The van der Waals surface area contributed by atoms with Gasteiger partial charge in [-0.2, -0.15) is 0 Å². The van der Waals surface area contributed by atoms with E-state index in [0.29, 0.717) is 12.8 Å². The van der Waals surface area contributed by atoms with E-state index in [9.17, 15) is 5.11 Å². The molecular weight excluding hydrogens is 182 g/mol. The van der Waals surface area contributed by atoms with Crippen molar-refractivity contribution in [3.8, 4) is 0 Å². The van der Waals surface area contributed by atoms with E-state index in [-0.39, 0.29) is 17.4 Å². The van der Waals surface area contributed by atoms with Gasteiger partial charge in [0, 0.05) is 24.7 Å². The molecule has 2 saturated heterocycles. The number of nitrogens with zero attached hydrogens (tertiary/aromatic N) is 1. The van der Waals surface area contributed by atoms with Gasteiger partial charge in [0.2, 0.25) is 0 Å². The molecule has 2 aliphatic carbocycles. The van der Waals surface area contributed by atoms with Crippen molar-refractivity contribution in [3.05, 3.63) is 0 Å². The molecule has 2 heterocycles. The van der Waals surface area contributed by atoms with Crippen molar-refractivity contribution in [3.63, 3.8) is 0 Å². The van der Waals surface area contributed by atoms with Gasteiger partial charge in [0.15, 0.2) is 5.79 Å². The fourth-order valence-corrected chi connectivity index (χ4v) is 3.66. The van der Waals surface area contributed by atoms with Gasteiger partial charge < -0.3 is 15.1 Å². The van der Waals surface area contributed by atoms with Crippen molar-refractivity contribution in [2.45, 2.75) is 44.0 Å². The lowest BCUT2D eigenvalue weighted by atomic mass is 9.60. The maximum atomic E-state index is 10.1. The Morgan fingerprint density at radius 2 is 1.86 bits per heavy atom. The summed E-state index contributed by atoms with van der Waals surface area (Å²) in [5.41, 5.74) is 0.685. The average Bonchev–Trinajstić information content (AvgIpc) is 1.97. The average molecular weight is 197 g/mol. The standard InChI is InChI=1S/C10H15NO3/c1-9-2-6-4-10(12,14-9)5-7(3-9)8(6)11-13/h6-7,12-13H,2-5H2,1H3/b11-8-/t6-,7+,9-,10+/m0/s1. The lowest BCUT2D eigenvalue weighted by molar-refractivity contribution is -0.330. The molecule has 4 atom stereocenters. The van der Waals surface area contributed by atoms with Crippen LogP contribution >= 0.6 is 0 Å². The molecule has 4 bridgehead atoms. The molecule has 2 N–H and O–H groups in total. The number of aliphatic hydroxyl groups is 1. The number of oxime groups is 1. The number of ether oxygens (including phenoxy) is 1. The van der Waals surface area contributed by atoms with Crippen LogP contribution in [0.25, 0.3) is 0 Å². The van der Waals surface area contributed by atoms with Gasteiger partial charge in [0.1, 0.15) is 0 Å². The van der Waals surface area contributed by atoms with E-state index in [0.717, 1.165) is 18.6 Å². The third-order valence-corrected chi connectivity index (χ3v) is 3.88. The predicted octanol–water partition coefficient (Wildman–Crippen LogP) is 1.11. The molecule has 2 saturated carbocycles. The Morgan fingerprint density at radius 3 is 2.29 bits per heavy atom. The van der Waals surface area contributed by atoms with Crippen LogP contribution in [0.15, 0.2) is 5.16 Å². The topological polar surface area (TPSA) is 62.1 Å². The van der Waals surface area contributed by atoms with E-state index in [1.807, 2.05) is 6.92 Å². The molecule has 78 valence electrons. The zero-order chi connectivity index (χ0) is 9.97. The fourth-order valence-electron chi connectivity index (χ4n) is 3.66. The molecular formula is C10H15NO3. The highest BCUT2D eigenvalue weighted by Gasteiger charge is 2.59. The van der Waals surface area contributed by atoms with Gasteiger partial charge in [-0.05, 0) is 19.8 Å². The van der Waals surface area contributed by atoms with Crippen molar-refractivity contribution in [2.75, 3.05) is 0 Å². The van der Waals surface area contributed by atoms with E-state index in [4.69, 9.17) is 9.94 Å². The molecule has 0 radical (unpaired) electrons. The Bertz CT molecular complexity index is 274. The maximum Gasteiger partial charge on any atom is 0.167 e. The molecule has 0 spiro atoms. The highest BCUT2D eigenvalue weighted by Crippen LogP contribution is 2.55.